The van der Waals surface area contributed by atoms with Crippen molar-refractivity contribution in [1.29, 1.82) is 0 Å². The van der Waals surface area contributed by atoms with Gasteiger partial charge in [-0.05, 0) is 32.3 Å². The number of carbonyl (C=O) groups excluding carboxylic acids is 1. The van der Waals surface area contributed by atoms with E-state index in [2.05, 4.69) is 20.4 Å². The van der Waals surface area contributed by atoms with Crippen molar-refractivity contribution in [2.24, 2.45) is 13.0 Å². The van der Waals surface area contributed by atoms with Gasteiger partial charge in [0, 0.05) is 56.4 Å². The highest BCUT2D eigenvalue weighted by Gasteiger charge is 2.36. The third-order valence-corrected chi connectivity index (χ3v) is 5.40. The number of nitrogens with zero attached hydrogens (tertiary/aromatic N) is 5. The van der Waals surface area contributed by atoms with Crippen LogP contribution in [0.2, 0.25) is 0 Å². The Morgan fingerprint density at radius 2 is 2.15 bits per heavy atom. The van der Waals surface area contributed by atoms with Gasteiger partial charge < -0.3 is 10.2 Å². The SMILES string of the molecule is CCN1C(=O)CC[C@H](CNc2ccnc(C3CC3)n2)[C@H]1c1cnn(C)c1. The van der Waals surface area contributed by atoms with Crippen LogP contribution >= 0.6 is 0 Å². The van der Waals surface area contributed by atoms with E-state index in [0.29, 0.717) is 24.8 Å². The van der Waals surface area contributed by atoms with Crippen molar-refractivity contribution in [3.05, 3.63) is 36.0 Å². The average Bonchev–Trinajstić information content (AvgIpc) is 3.42. The molecule has 7 heteroatoms. The second kappa shape index (κ2) is 7.05. The van der Waals surface area contributed by atoms with Crippen LogP contribution in [0.4, 0.5) is 5.82 Å². The first-order valence-corrected chi connectivity index (χ1v) is 9.50. The van der Waals surface area contributed by atoms with E-state index in [1.54, 1.807) is 4.68 Å². The first-order chi connectivity index (χ1) is 12.7. The topological polar surface area (TPSA) is 75.9 Å². The van der Waals surface area contributed by atoms with Gasteiger partial charge in [-0.1, -0.05) is 0 Å². The minimum absolute atomic E-state index is 0.0622. The molecule has 2 aromatic heterocycles. The number of nitrogens with one attached hydrogen (secondary N) is 1. The standard InChI is InChI=1S/C19H26N6O/c1-3-25-17(26)7-6-14(18(25)15-11-22-24(2)12-15)10-21-16-8-9-20-19(23-16)13-4-5-13/h8-9,11-14,18H,3-7,10H2,1-2H3,(H,20,21,23)/t14-,18+/m1/s1. The average molecular weight is 354 g/mol. The second-order valence-corrected chi connectivity index (χ2v) is 7.33. The van der Waals surface area contributed by atoms with Crippen molar-refractivity contribution < 1.29 is 4.79 Å². The molecule has 2 atom stereocenters. The van der Waals surface area contributed by atoms with Crippen molar-refractivity contribution in [2.75, 3.05) is 18.4 Å². The van der Waals surface area contributed by atoms with E-state index in [0.717, 1.165) is 30.2 Å². The quantitative estimate of drug-likeness (QED) is 0.862. The summed E-state index contributed by atoms with van der Waals surface area (Å²) in [7, 11) is 1.91. The third kappa shape index (κ3) is 3.43. The van der Waals surface area contributed by atoms with Gasteiger partial charge in [-0.15, -0.1) is 0 Å². The normalized spacial score (nSPS) is 23.3. The third-order valence-electron chi connectivity index (χ3n) is 5.40. The number of carbonyl (C=O) groups is 1. The van der Waals surface area contributed by atoms with Crippen molar-refractivity contribution in [3.8, 4) is 0 Å². The summed E-state index contributed by atoms with van der Waals surface area (Å²) in [5.74, 6) is 2.94. The van der Waals surface area contributed by atoms with Gasteiger partial charge in [0.05, 0.1) is 12.2 Å². The number of aromatic nitrogens is 4. The lowest BCUT2D eigenvalue weighted by atomic mass is 9.85. The largest absolute Gasteiger partial charge is 0.370 e. The molecule has 0 aromatic carbocycles. The highest BCUT2D eigenvalue weighted by atomic mass is 16.2. The molecule has 2 aromatic rings. The number of likely N-dealkylation sites (tertiary alicyclic amines) is 1. The zero-order chi connectivity index (χ0) is 18.1. The van der Waals surface area contributed by atoms with Crippen molar-refractivity contribution in [1.82, 2.24) is 24.6 Å². The number of rotatable bonds is 6. The minimum Gasteiger partial charge on any atom is -0.370 e. The smallest absolute Gasteiger partial charge is 0.223 e. The molecule has 0 unspecified atom stereocenters. The van der Waals surface area contributed by atoms with Crippen LogP contribution in [0.15, 0.2) is 24.7 Å². The summed E-state index contributed by atoms with van der Waals surface area (Å²) < 4.78 is 1.80. The van der Waals surface area contributed by atoms with Crippen LogP contribution in [0.5, 0.6) is 0 Å². The van der Waals surface area contributed by atoms with Crippen LogP contribution < -0.4 is 5.32 Å². The van der Waals surface area contributed by atoms with E-state index >= 15 is 0 Å². The van der Waals surface area contributed by atoms with E-state index < -0.39 is 0 Å². The maximum absolute atomic E-state index is 12.4. The lowest BCUT2D eigenvalue weighted by molar-refractivity contribution is -0.138. The second-order valence-electron chi connectivity index (χ2n) is 7.33. The Bertz CT molecular complexity index is 784. The fraction of sp³-hybridized carbons (Fsp3) is 0.579. The summed E-state index contributed by atoms with van der Waals surface area (Å²) in [4.78, 5) is 23.4. The van der Waals surface area contributed by atoms with Gasteiger partial charge in [-0.3, -0.25) is 9.48 Å². The van der Waals surface area contributed by atoms with E-state index in [9.17, 15) is 4.79 Å². The van der Waals surface area contributed by atoms with E-state index in [-0.39, 0.29) is 11.9 Å². The molecular formula is C19H26N6O. The molecule has 3 heterocycles. The molecule has 0 spiro atoms. The molecule has 138 valence electrons. The molecule has 0 bridgehead atoms. The Labute approximate surface area is 153 Å². The Hall–Kier alpha value is -2.44. The number of anilines is 1. The molecule has 7 nitrogen and oxygen atoms in total. The van der Waals surface area contributed by atoms with Gasteiger partial charge in [-0.25, -0.2) is 9.97 Å². The van der Waals surface area contributed by atoms with Gasteiger partial charge in [0.15, 0.2) is 0 Å². The Balaban J connectivity index is 1.51. The summed E-state index contributed by atoms with van der Waals surface area (Å²) in [6.45, 7) is 3.54. The maximum Gasteiger partial charge on any atom is 0.223 e. The van der Waals surface area contributed by atoms with Crippen LogP contribution in [0, 0.1) is 5.92 Å². The predicted octanol–water partition coefficient (Wildman–Crippen LogP) is 2.50. The number of hydrogen-bond donors (Lipinski definition) is 1. The van der Waals surface area contributed by atoms with Gasteiger partial charge >= 0.3 is 0 Å². The molecule has 2 fully saturated rings. The van der Waals surface area contributed by atoms with Gasteiger partial charge in [0.2, 0.25) is 5.91 Å². The number of aryl methyl sites for hydroxylation is 1. The van der Waals surface area contributed by atoms with Crippen molar-refractivity contribution in [2.45, 2.75) is 44.6 Å². The van der Waals surface area contributed by atoms with Gasteiger partial charge in [0.25, 0.3) is 0 Å². The molecule has 4 rings (SSSR count). The van der Waals surface area contributed by atoms with Gasteiger partial charge in [0.1, 0.15) is 11.6 Å². The fourth-order valence-electron chi connectivity index (χ4n) is 3.90. The Morgan fingerprint density at radius 1 is 1.31 bits per heavy atom. The van der Waals surface area contributed by atoms with Crippen LogP contribution in [-0.2, 0) is 11.8 Å². The first kappa shape index (κ1) is 17.0. The van der Waals surface area contributed by atoms with Crippen LogP contribution in [0.25, 0.3) is 0 Å². The lowest BCUT2D eigenvalue weighted by Gasteiger charge is -2.40. The summed E-state index contributed by atoms with van der Waals surface area (Å²) in [5, 5.41) is 7.80. The zero-order valence-corrected chi connectivity index (χ0v) is 15.4. The van der Waals surface area contributed by atoms with E-state index in [1.165, 1.54) is 12.8 Å². The molecule has 1 saturated carbocycles. The summed E-state index contributed by atoms with van der Waals surface area (Å²) >= 11 is 0. The van der Waals surface area contributed by atoms with Crippen LogP contribution in [-0.4, -0.2) is 43.6 Å². The highest BCUT2D eigenvalue weighted by molar-refractivity contribution is 5.77. The lowest BCUT2D eigenvalue weighted by Crippen LogP contribution is -2.44. The number of hydrogen-bond acceptors (Lipinski definition) is 5. The summed E-state index contributed by atoms with van der Waals surface area (Å²) in [6.07, 6.45) is 9.62. The monoisotopic (exact) mass is 354 g/mol. The predicted molar refractivity (Wildman–Crippen MR) is 98.6 cm³/mol. The zero-order valence-electron chi connectivity index (χ0n) is 15.4. The van der Waals surface area contributed by atoms with Gasteiger partial charge in [-0.2, -0.15) is 5.10 Å². The van der Waals surface area contributed by atoms with Crippen LogP contribution in [0.1, 0.15) is 56.0 Å². The molecule has 1 N–H and O–H groups in total. The molecule has 1 aliphatic heterocycles. The highest BCUT2D eigenvalue weighted by Crippen LogP contribution is 2.38. The molecule has 1 amide bonds. The molecule has 26 heavy (non-hydrogen) atoms. The molecule has 1 aliphatic carbocycles. The summed E-state index contributed by atoms with van der Waals surface area (Å²) in [5.41, 5.74) is 1.11. The Kier molecular flexibility index (Phi) is 4.61. The Morgan fingerprint density at radius 3 is 2.85 bits per heavy atom. The molecular weight excluding hydrogens is 328 g/mol. The first-order valence-electron chi connectivity index (χ1n) is 9.50. The van der Waals surface area contributed by atoms with E-state index in [1.807, 2.05) is 43.5 Å². The fourth-order valence-corrected chi connectivity index (χ4v) is 3.90. The molecule has 0 radical (unpaired) electrons. The minimum atomic E-state index is 0.0622. The molecule has 1 saturated heterocycles. The number of amides is 1. The van der Waals surface area contributed by atoms with Crippen molar-refractivity contribution in [3.63, 3.8) is 0 Å². The summed E-state index contributed by atoms with van der Waals surface area (Å²) in [6, 6.07) is 1.99. The molecule has 2 aliphatic rings. The van der Waals surface area contributed by atoms with Crippen molar-refractivity contribution >= 4 is 11.7 Å². The van der Waals surface area contributed by atoms with Crippen LogP contribution in [0.3, 0.4) is 0 Å². The van der Waals surface area contributed by atoms with E-state index in [4.69, 9.17) is 0 Å². The number of piperidine rings is 1. The maximum atomic E-state index is 12.4.